The highest BCUT2D eigenvalue weighted by Gasteiger charge is 2.32. The summed E-state index contributed by atoms with van der Waals surface area (Å²) in [7, 11) is 0. The number of amides is 2. The minimum atomic E-state index is 0. The number of likely N-dealkylation sites (tertiary alicyclic amines) is 1. The Morgan fingerprint density at radius 2 is 1.96 bits per heavy atom. The van der Waals surface area contributed by atoms with Crippen LogP contribution in [0.4, 0.5) is 0 Å². The maximum atomic E-state index is 13.0. The number of carbonyl (C=O) groups excluding carboxylic acids is 2. The van der Waals surface area contributed by atoms with Crippen molar-refractivity contribution in [3.63, 3.8) is 0 Å². The number of piperazine rings is 1. The van der Waals surface area contributed by atoms with Crippen molar-refractivity contribution in [3.8, 4) is 0 Å². The predicted molar refractivity (Wildman–Crippen MR) is 110 cm³/mol. The van der Waals surface area contributed by atoms with Crippen LogP contribution in [0.3, 0.4) is 0 Å². The molecule has 2 saturated heterocycles. The molecule has 1 N–H and O–H groups in total. The fourth-order valence-corrected chi connectivity index (χ4v) is 4.20. The van der Waals surface area contributed by atoms with Crippen LogP contribution in [-0.4, -0.2) is 60.4 Å². The SMILES string of the molecule is CC(C)C(CC(=O)N1CCCC(N2CCNCC2=O)C1)c1ccccc1.Cl. The molecule has 0 spiro atoms. The average molecular weight is 394 g/mol. The molecule has 2 amide bonds. The molecule has 3 rings (SSSR count). The molecule has 1 aromatic rings. The van der Waals surface area contributed by atoms with Gasteiger partial charge in [0.15, 0.2) is 0 Å². The molecule has 0 aliphatic carbocycles. The van der Waals surface area contributed by atoms with Crippen molar-refractivity contribution >= 4 is 24.2 Å². The summed E-state index contributed by atoms with van der Waals surface area (Å²) in [6.07, 6.45) is 2.52. The summed E-state index contributed by atoms with van der Waals surface area (Å²) in [4.78, 5) is 29.2. The number of carbonyl (C=O) groups is 2. The smallest absolute Gasteiger partial charge is 0.236 e. The number of rotatable bonds is 5. The first kappa shape index (κ1) is 21.7. The van der Waals surface area contributed by atoms with Gasteiger partial charge >= 0.3 is 0 Å². The van der Waals surface area contributed by atoms with E-state index in [1.165, 1.54) is 5.56 Å². The van der Waals surface area contributed by atoms with Gasteiger partial charge in [0.25, 0.3) is 0 Å². The Kier molecular flexibility index (Phi) is 8.11. The Morgan fingerprint density at radius 1 is 1.22 bits per heavy atom. The largest absolute Gasteiger partial charge is 0.341 e. The van der Waals surface area contributed by atoms with Gasteiger partial charge in [0.1, 0.15) is 0 Å². The van der Waals surface area contributed by atoms with Crippen LogP contribution in [0.25, 0.3) is 0 Å². The quantitative estimate of drug-likeness (QED) is 0.836. The number of hydrogen-bond donors (Lipinski definition) is 1. The number of nitrogens with one attached hydrogen (secondary N) is 1. The third-order valence-corrected chi connectivity index (χ3v) is 5.74. The molecule has 6 heteroatoms. The molecule has 2 fully saturated rings. The van der Waals surface area contributed by atoms with Crippen molar-refractivity contribution in [3.05, 3.63) is 35.9 Å². The van der Waals surface area contributed by atoms with Gasteiger partial charge in [0.2, 0.25) is 11.8 Å². The Balaban J connectivity index is 0.00000261. The van der Waals surface area contributed by atoms with Gasteiger partial charge in [-0.3, -0.25) is 9.59 Å². The van der Waals surface area contributed by atoms with E-state index in [1.54, 1.807) is 0 Å². The molecule has 2 heterocycles. The van der Waals surface area contributed by atoms with Crippen molar-refractivity contribution in [1.29, 1.82) is 0 Å². The number of piperidine rings is 1. The molecular formula is C21H32ClN3O2. The molecule has 1 aromatic carbocycles. The molecule has 150 valence electrons. The minimum absolute atomic E-state index is 0. The zero-order chi connectivity index (χ0) is 18.5. The van der Waals surface area contributed by atoms with E-state index in [4.69, 9.17) is 0 Å². The minimum Gasteiger partial charge on any atom is -0.341 e. The second-order valence-corrected chi connectivity index (χ2v) is 7.87. The lowest BCUT2D eigenvalue weighted by Crippen LogP contribution is -2.57. The zero-order valence-corrected chi connectivity index (χ0v) is 17.2. The van der Waals surface area contributed by atoms with Crippen molar-refractivity contribution in [1.82, 2.24) is 15.1 Å². The van der Waals surface area contributed by atoms with Crippen molar-refractivity contribution in [2.45, 2.75) is 45.1 Å². The molecule has 0 bridgehead atoms. The molecule has 2 aliphatic heterocycles. The molecule has 2 aliphatic rings. The van der Waals surface area contributed by atoms with Gasteiger partial charge < -0.3 is 15.1 Å². The predicted octanol–water partition coefficient (Wildman–Crippen LogP) is 2.66. The number of benzene rings is 1. The molecule has 2 unspecified atom stereocenters. The van der Waals surface area contributed by atoms with Crippen LogP contribution < -0.4 is 5.32 Å². The summed E-state index contributed by atoms with van der Waals surface area (Å²) < 4.78 is 0. The fourth-order valence-electron chi connectivity index (χ4n) is 4.20. The lowest BCUT2D eigenvalue weighted by atomic mass is 9.85. The van der Waals surface area contributed by atoms with Crippen LogP contribution in [0.5, 0.6) is 0 Å². The Morgan fingerprint density at radius 3 is 2.63 bits per heavy atom. The summed E-state index contributed by atoms with van der Waals surface area (Å²) in [5.74, 6) is 1.04. The third kappa shape index (κ3) is 5.45. The van der Waals surface area contributed by atoms with Gasteiger partial charge in [-0.05, 0) is 30.2 Å². The fraction of sp³-hybridized carbons (Fsp3) is 0.619. The van der Waals surface area contributed by atoms with Crippen LogP contribution >= 0.6 is 12.4 Å². The first-order valence-electron chi connectivity index (χ1n) is 9.89. The standard InChI is InChI=1S/C21H31N3O2.ClH/c1-16(2)19(17-7-4-3-5-8-17)13-20(25)23-11-6-9-18(15-23)24-12-10-22-14-21(24)26;/h3-5,7-8,16,18-19,22H,6,9-15H2,1-2H3;1H. The lowest BCUT2D eigenvalue weighted by Gasteiger charge is -2.41. The molecule has 0 radical (unpaired) electrons. The van der Waals surface area contributed by atoms with Crippen LogP contribution in [0.2, 0.25) is 0 Å². The molecule has 0 saturated carbocycles. The highest BCUT2D eigenvalue weighted by molar-refractivity contribution is 5.85. The summed E-state index contributed by atoms with van der Waals surface area (Å²) >= 11 is 0. The summed E-state index contributed by atoms with van der Waals surface area (Å²) in [5, 5.41) is 3.12. The second-order valence-electron chi connectivity index (χ2n) is 7.87. The van der Waals surface area contributed by atoms with E-state index in [0.29, 0.717) is 25.4 Å². The average Bonchev–Trinajstić information content (AvgIpc) is 2.67. The normalized spacial score (nSPS) is 21.7. The van der Waals surface area contributed by atoms with E-state index in [9.17, 15) is 9.59 Å². The van der Waals surface area contributed by atoms with Gasteiger partial charge in [0, 0.05) is 38.6 Å². The van der Waals surface area contributed by atoms with Crippen LogP contribution in [0.1, 0.15) is 44.6 Å². The topological polar surface area (TPSA) is 52.7 Å². The summed E-state index contributed by atoms with van der Waals surface area (Å²) in [6.45, 7) is 7.89. The molecule has 0 aromatic heterocycles. The van der Waals surface area contributed by atoms with E-state index in [1.807, 2.05) is 28.0 Å². The second kappa shape index (κ2) is 10.1. The zero-order valence-electron chi connectivity index (χ0n) is 16.4. The van der Waals surface area contributed by atoms with Gasteiger partial charge in [0.05, 0.1) is 6.54 Å². The molecule has 2 atom stereocenters. The van der Waals surface area contributed by atoms with E-state index in [-0.39, 0.29) is 36.2 Å². The van der Waals surface area contributed by atoms with Gasteiger partial charge in [-0.2, -0.15) is 0 Å². The van der Waals surface area contributed by atoms with Crippen molar-refractivity contribution < 1.29 is 9.59 Å². The molecule has 27 heavy (non-hydrogen) atoms. The molecule has 5 nitrogen and oxygen atoms in total. The van der Waals surface area contributed by atoms with Crippen LogP contribution in [0, 0.1) is 5.92 Å². The highest BCUT2D eigenvalue weighted by atomic mass is 35.5. The summed E-state index contributed by atoms with van der Waals surface area (Å²) in [5.41, 5.74) is 1.24. The van der Waals surface area contributed by atoms with Crippen molar-refractivity contribution in [2.24, 2.45) is 5.92 Å². The maximum Gasteiger partial charge on any atom is 0.236 e. The Hall–Kier alpha value is -1.59. The van der Waals surface area contributed by atoms with Gasteiger partial charge in [-0.25, -0.2) is 0 Å². The monoisotopic (exact) mass is 393 g/mol. The maximum absolute atomic E-state index is 13.0. The van der Waals surface area contributed by atoms with E-state index < -0.39 is 0 Å². The van der Waals surface area contributed by atoms with Crippen LogP contribution in [-0.2, 0) is 9.59 Å². The van der Waals surface area contributed by atoms with Crippen LogP contribution in [0.15, 0.2) is 30.3 Å². The van der Waals surface area contributed by atoms with E-state index in [2.05, 4.69) is 31.3 Å². The van der Waals surface area contributed by atoms with Crippen molar-refractivity contribution in [2.75, 3.05) is 32.7 Å². The number of halogens is 1. The first-order chi connectivity index (χ1) is 12.6. The van der Waals surface area contributed by atoms with E-state index in [0.717, 1.165) is 32.5 Å². The van der Waals surface area contributed by atoms with Gasteiger partial charge in [-0.1, -0.05) is 44.2 Å². The number of nitrogens with zero attached hydrogens (tertiary/aromatic N) is 2. The van der Waals surface area contributed by atoms with E-state index >= 15 is 0 Å². The highest BCUT2D eigenvalue weighted by Crippen LogP contribution is 2.29. The Bertz CT molecular complexity index is 623. The third-order valence-electron chi connectivity index (χ3n) is 5.74. The van der Waals surface area contributed by atoms with Gasteiger partial charge in [-0.15, -0.1) is 12.4 Å². The lowest BCUT2D eigenvalue weighted by molar-refractivity contribution is -0.140. The number of hydrogen-bond acceptors (Lipinski definition) is 3. The Labute approximate surface area is 168 Å². The molecular weight excluding hydrogens is 362 g/mol. The summed E-state index contributed by atoms with van der Waals surface area (Å²) in [6, 6.07) is 10.5. The first-order valence-corrected chi connectivity index (χ1v) is 9.89.